The third-order valence-corrected chi connectivity index (χ3v) is 2.53. The Labute approximate surface area is 96.6 Å². The number of carboxylic acid groups (broad SMARTS) is 1. The van der Waals surface area contributed by atoms with Crippen LogP contribution in [0.5, 0.6) is 0 Å². The van der Waals surface area contributed by atoms with Gasteiger partial charge in [-0.25, -0.2) is 9.78 Å². The highest BCUT2D eigenvalue weighted by molar-refractivity contribution is 7.15. The van der Waals surface area contributed by atoms with Gasteiger partial charge in [0.1, 0.15) is 6.61 Å². The maximum absolute atomic E-state index is 12.4. The molecule has 0 unspecified atom stereocenters. The van der Waals surface area contributed by atoms with Crippen LogP contribution in [0, 0.1) is 0 Å². The number of aromatic nitrogens is 1. The number of halogens is 4. The highest BCUT2D eigenvalue weighted by atomic mass is 35.5. The van der Waals surface area contributed by atoms with Gasteiger partial charge in [0.25, 0.3) is 0 Å². The molecule has 0 aliphatic carbocycles. The lowest BCUT2D eigenvalue weighted by Gasteiger charge is -2.05. The van der Waals surface area contributed by atoms with Gasteiger partial charge in [0.2, 0.25) is 0 Å². The van der Waals surface area contributed by atoms with Crippen molar-refractivity contribution in [2.75, 3.05) is 6.61 Å². The van der Waals surface area contributed by atoms with Gasteiger partial charge >= 0.3 is 12.1 Å². The van der Waals surface area contributed by atoms with Gasteiger partial charge in [-0.3, -0.25) is 0 Å². The number of carbonyl (C=O) groups is 1. The Bertz CT molecular complexity index is 393. The van der Waals surface area contributed by atoms with Crippen LogP contribution in [-0.2, 0) is 22.3 Å². The lowest BCUT2D eigenvalue weighted by Crippen LogP contribution is -2.11. The first kappa shape index (κ1) is 13.2. The van der Waals surface area contributed by atoms with Crippen LogP contribution in [0.25, 0.3) is 0 Å². The Morgan fingerprint density at radius 3 is 2.69 bits per heavy atom. The van der Waals surface area contributed by atoms with Crippen LogP contribution < -0.4 is 0 Å². The summed E-state index contributed by atoms with van der Waals surface area (Å²) in [6, 6.07) is 0. The van der Waals surface area contributed by atoms with E-state index < -0.39 is 31.1 Å². The van der Waals surface area contributed by atoms with Crippen LogP contribution in [-0.4, -0.2) is 22.7 Å². The van der Waals surface area contributed by atoms with Gasteiger partial charge in [-0.15, -0.1) is 11.3 Å². The number of hydrogen-bond acceptors (Lipinski definition) is 4. The van der Waals surface area contributed by atoms with E-state index in [1.165, 1.54) is 0 Å². The van der Waals surface area contributed by atoms with Gasteiger partial charge in [-0.05, 0) is 0 Å². The molecule has 0 aromatic carbocycles. The molecule has 90 valence electrons. The number of ether oxygens (including phenoxy) is 1. The predicted molar refractivity (Wildman–Crippen MR) is 49.4 cm³/mol. The monoisotopic (exact) mass is 275 g/mol. The first-order chi connectivity index (χ1) is 7.30. The molecule has 0 saturated heterocycles. The molecule has 16 heavy (non-hydrogen) atoms. The lowest BCUT2D eigenvalue weighted by atomic mass is 10.3. The van der Waals surface area contributed by atoms with E-state index in [1.807, 2.05) is 0 Å². The zero-order chi connectivity index (χ0) is 12.3. The van der Waals surface area contributed by atoms with Crippen molar-refractivity contribution in [1.29, 1.82) is 0 Å². The average Bonchev–Trinajstić information content (AvgIpc) is 2.45. The molecule has 1 heterocycles. The van der Waals surface area contributed by atoms with E-state index in [4.69, 9.17) is 16.7 Å². The molecule has 0 fully saturated rings. The third-order valence-electron chi connectivity index (χ3n) is 1.40. The fourth-order valence-corrected chi connectivity index (χ4v) is 1.98. The maximum atomic E-state index is 12.4. The number of alkyl halides is 3. The smallest absolute Gasteiger partial charge is 0.434 e. The Morgan fingerprint density at radius 2 is 2.19 bits per heavy atom. The normalized spacial score (nSPS) is 11.8. The topological polar surface area (TPSA) is 59.4 Å². The highest BCUT2D eigenvalue weighted by Gasteiger charge is 2.37. The second-order valence-electron chi connectivity index (χ2n) is 2.62. The van der Waals surface area contributed by atoms with E-state index in [1.54, 1.807) is 0 Å². The number of nitrogens with zero attached hydrogens (tertiary/aromatic N) is 1. The standard InChI is InChI=1S/C7H5ClF3NO3S/c8-6-12-5(7(9,10)11)3(16-6)1-15-2-4(13)14/h1-2H2,(H,13,14). The number of aliphatic carboxylic acids is 1. The summed E-state index contributed by atoms with van der Waals surface area (Å²) in [5.41, 5.74) is -1.13. The summed E-state index contributed by atoms with van der Waals surface area (Å²) in [6.07, 6.45) is -4.62. The Hall–Kier alpha value is -0.860. The van der Waals surface area contributed by atoms with Gasteiger partial charge in [-0.2, -0.15) is 13.2 Å². The molecule has 0 bridgehead atoms. The van der Waals surface area contributed by atoms with Crippen molar-refractivity contribution in [3.05, 3.63) is 15.0 Å². The quantitative estimate of drug-likeness (QED) is 0.917. The van der Waals surface area contributed by atoms with Crippen LogP contribution in [0.15, 0.2) is 0 Å². The molecule has 0 aliphatic rings. The first-order valence-electron chi connectivity index (χ1n) is 3.82. The lowest BCUT2D eigenvalue weighted by molar-refractivity contribution is -0.143. The summed E-state index contributed by atoms with van der Waals surface area (Å²) in [5, 5.41) is 8.24. The third kappa shape index (κ3) is 3.62. The van der Waals surface area contributed by atoms with Crippen molar-refractivity contribution in [3.63, 3.8) is 0 Å². The van der Waals surface area contributed by atoms with E-state index in [-0.39, 0.29) is 9.34 Å². The molecule has 9 heteroatoms. The fraction of sp³-hybridized carbons (Fsp3) is 0.429. The van der Waals surface area contributed by atoms with Crippen molar-refractivity contribution in [1.82, 2.24) is 4.98 Å². The number of rotatable bonds is 4. The summed E-state index contributed by atoms with van der Waals surface area (Å²) in [7, 11) is 0. The van der Waals surface area contributed by atoms with Crippen molar-refractivity contribution < 1.29 is 27.8 Å². The van der Waals surface area contributed by atoms with Crippen LogP contribution in [0.4, 0.5) is 13.2 Å². The number of hydrogen-bond donors (Lipinski definition) is 1. The minimum atomic E-state index is -4.62. The summed E-state index contributed by atoms with van der Waals surface area (Å²) in [6.45, 7) is -1.15. The van der Waals surface area contributed by atoms with Crippen LogP contribution >= 0.6 is 22.9 Å². The van der Waals surface area contributed by atoms with Gasteiger partial charge in [0.05, 0.1) is 11.5 Å². The minimum absolute atomic E-state index is 0.237. The van der Waals surface area contributed by atoms with Crippen LogP contribution in [0.3, 0.4) is 0 Å². The van der Waals surface area contributed by atoms with Crippen LogP contribution in [0.2, 0.25) is 4.47 Å². The van der Waals surface area contributed by atoms with E-state index in [0.29, 0.717) is 11.3 Å². The van der Waals surface area contributed by atoms with Crippen LogP contribution in [0.1, 0.15) is 10.6 Å². The van der Waals surface area contributed by atoms with E-state index in [9.17, 15) is 18.0 Å². The summed E-state index contributed by atoms with van der Waals surface area (Å²) in [4.78, 5) is 13.0. The number of thiazole rings is 1. The molecule has 1 aromatic heterocycles. The zero-order valence-corrected chi connectivity index (χ0v) is 9.12. The summed E-state index contributed by atoms with van der Waals surface area (Å²) >= 11 is 5.96. The highest BCUT2D eigenvalue weighted by Crippen LogP contribution is 2.36. The molecule has 0 atom stereocenters. The maximum Gasteiger partial charge on any atom is 0.434 e. The van der Waals surface area contributed by atoms with E-state index >= 15 is 0 Å². The molecular formula is C7H5ClF3NO3S. The summed E-state index contributed by atoms with van der Waals surface area (Å²) in [5.74, 6) is -1.26. The molecule has 1 aromatic rings. The van der Waals surface area contributed by atoms with Gasteiger partial charge < -0.3 is 9.84 Å². The van der Waals surface area contributed by atoms with Crippen molar-refractivity contribution in [2.45, 2.75) is 12.8 Å². The van der Waals surface area contributed by atoms with Crippen molar-refractivity contribution in [2.24, 2.45) is 0 Å². The zero-order valence-electron chi connectivity index (χ0n) is 7.55. The fourth-order valence-electron chi connectivity index (χ4n) is 0.873. The van der Waals surface area contributed by atoms with Gasteiger partial charge in [-0.1, -0.05) is 11.6 Å². The molecule has 0 aliphatic heterocycles. The van der Waals surface area contributed by atoms with E-state index in [2.05, 4.69) is 9.72 Å². The molecular weight excluding hydrogens is 271 g/mol. The molecule has 0 radical (unpaired) electrons. The second kappa shape index (κ2) is 4.98. The molecule has 1 N–H and O–H groups in total. The molecule has 0 amide bonds. The minimum Gasteiger partial charge on any atom is -0.480 e. The predicted octanol–water partition coefficient (Wildman–Crippen LogP) is 2.42. The van der Waals surface area contributed by atoms with Crippen molar-refractivity contribution >= 4 is 28.9 Å². The van der Waals surface area contributed by atoms with Crippen molar-refractivity contribution in [3.8, 4) is 0 Å². The second-order valence-corrected chi connectivity index (χ2v) is 4.29. The van der Waals surface area contributed by atoms with Gasteiger partial charge in [0, 0.05) is 0 Å². The largest absolute Gasteiger partial charge is 0.480 e. The first-order valence-corrected chi connectivity index (χ1v) is 5.02. The summed E-state index contributed by atoms with van der Waals surface area (Å²) < 4.78 is 41.4. The Balaban J connectivity index is 2.75. The molecule has 0 saturated carbocycles. The number of carboxylic acids is 1. The van der Waals surface area contributed by atoms with Gasteiger partial charge in [0.15, 0.2) is 10.2 Å². The SMILES string of the molecule is O=C(O)COCc1sc(Cl)nc1C(F)(F)F. The van der Waals surface area contributed by atoms with E-state index in [0.717, 1.165) is 0 Å². The molecule has 4 nitrogen and oxygen atoms in total. The Morgan fingerprint density at radius 1 is 1.56 bits per heavy atom. The average molecular weight is 276 g/mol. The molecule has 1 rings (SSSR count). The molecule has 0 spiro atoms. The Kier molecular flexibility index (Phi) is 4.11.